The Labute approximate surface area is 102 Å². The highest BCUT2D eigenvalue weighted by Gasteiger charge is 2.08. The second kappa shape index (κ2) is 13.2. The van der Waals surface area contributed by atoms with Crippen LogP contribution in [0.2, 0.25) is 0 Å². The van der Waals surface area contributed by atoms with Gasteiger partial charge in [0.05, 0.1) is 39.6 Å². The van der Waals surface area contributed by atoms with Crippen LogP contribution in [0.15, 0.2) is 0 Å². The summed E-state index contributed by atoms with van der Waals surface area (Å²) in [4.78, 5) is 0. The van der Waals surface area contributed by atoms with E-state index in [2.05, 4.69) is 12.6 Å². The molecule has 0 spiro atoms. The van der Waals surface area contributed by atoms with Gasteiger partial charge in [-0.2, -0.15) is 12.6 Å². The maximum Gasteiger partial charge on any atom is 0.180 e. The van der Waals surface area contributed by atoms with Crippen LogP contribution in [-0.2, 0) is 18.9 Å². The summed E-state index contributed by atoms with van der Waals surface area (Å²) in [7, 11) is 0. The van der Waals surface area contributed by atoms with Gasteiger partial charge < -0.3 is 24.1 Å². The first kappa shape index (κ1) is 16.1. The highest BCUT2D eigenvalue weighted by molar-refractivity contribution is 7.80. The SMILES string of the molecule is CCOC(COCCS)OCCOCCO. The molecule has 5 nitrogen and oxygen atoms in total. The van der Waals surface area contributed by atoms with Crippen molar-refractivity contribution in [2.75, 3.05) is 52.0 Å². The van der Waals surface area contributed by atoms with Gasteiger partial charge in [-0.1, -0.05) is 0 Å². The lowest BCUT2D eigenvalue weighted by Crippen LogP contribution is -2.26. The van der Waals surface area contributed by atoms with Gasteiger partial charge in [0.15, 0.2) is 6.29 Å². The third-order valence-corrected chi connectivity index (χ3v) is 1.79. The van der Waals surface area contributed by atoms with Gasteiger partial charge in [0.1, 0.15) is 0 Å². The van der Waals surface area contributed by atoms with E-state index in [1.54, 1.807) is 0 Å². The lowest BCUT2D eigenvalue weighted by Gasteiger charge is -2.17. The normalized spacial score (nSPS) is 12.9. The zero-order chi connectivity index (χ0) is 12.1. The van der Waals surface area contributed by atoms with Gasteiger partial charge in [-0.05, 0) is 6.92 Å². The van der Waals surface area contributed by atoms with Crippen molar-refractivity contribution in [3.8, 4) is 0 Å². The van der Waals surface area contributed by atoms with Gasteiger partial charge in [-0.3, -0.25) is 0 Å². The number of ether oxygens (including phenoxy) is 4. The van der Waals surface area contributed by atoms with Gasteiger partial charge in [-0.25, -0.2) is 0 Å². The fraction of sp³-hybridized carbons (Fsp3) is 1.00. The first-order valence-electron chi connectivity index (χ1n) is 5.45. The Bertz CT molecular complexity index is 136. The van der Waals surface area contributed by atoms with Crippen LogP contribution in [-0.4, -0.2) is 63.4 Å². The molecule has 1 unspecified atom stereocenters. The third-order valence-electron chi connectivity index (χ3n) is 1.61. The van der Waals surface area contributed by atoms with E-state index >= 15 is 0 Å². The standard InChI is InChI=1S/C10H22O5S/c1-2-14-10(9-13-7-8-16)15-6-5-12-4-3-11/h10-11,16H,2-9H2,1H3. The van der Waals surface area contributed by atoms with Crippen molar-refractivity contribution in [1.29, 1.82) is 0 Å². The molecule has 0 saturated carbocycles. The highest BCUT2D eigenvalue weighted by atomic mass is 32.1. The van der Waals surface area contributed by atoms with E-state index in [0.29, 0.717) is 45.4 Å². The largest absolute Gasteiger partial charge is 0.394 e. The van der Waals surface area contributed by atoms with E-state index in [0.717, 1.165) is 0 Å². The summed E-state index contributed by atoms with van der Waals surface area (Å²) in [5.74, 6) is 0.679. The molecular formula is C10H22O5S. The van der Waals surface area contributed by atoms with Crippen molar-refractivity contribution in [2.45, 2.75) is 13.2 Å². The number of thiol groups is 1. The summed E-state index contributed by atoms with van der Waals surface area (Å²) >= 11 is 4.03. The van der Waals surface area contributed by atoms with Crippen LogP contribution in [0.1, 0.15) is 6.92 Å². The lowest BCUT2D eigenvalue weighted by molar-refractivity contribution is -0.175. The summed E-state index contributed by atoms with van der Waals surface area (Å²) in [6, 6.07) is 0. The molecule has 0 aliphatic carbocycles. The molecule has 0 aromatic heterocycles. The summed E-state index contributed by atoms with van der Waals surface area (Å²) in [5, 5.41) is 8.48. The molecular weight excluding hydrogens is 232 g/mol. The molecule has 98 valence electrons. The molecule has 0 saturated heterocycles. The van der Waals surface area contributed by atoms with Crippen LogP contribution < -0.4 is 0 Å². The molecule has 0 fully saturated rings. The van der Waals surface area contributed by atoms with Crippen LogP contribution >= 0.6 is 12.6 Å². The van der Waals surface area contributed by atoms with E-state index < -0.39 is 0 Å². The van der Waals surface area contributed by atoms with E-state index in [1.165, 1.54) is 0 Å². The van der Waals surface area contributed by atoms with Gasteiger partial charge in [0.2, 0.25) is 0 Å². The zero-order valence-electron chi connectivity index (χ0n) is 9.76. The fourth-order valence-corrected chi connectivity index (χ4v) is 1.11. The maximum atomic E-state index is 8.48. The average Bonchev–Trinajstić information content (AvgIpc) is 2.29. The molecule has 0 aromatic rings. The number of hydrogen-bond donors (Lipinski definition) is 2. The van der Waals surface area contributed by atoms with Crippen molar-refractivity contribution in [2.24, 2.45) is 0 Å². The van der Waals surface area contributed by atoms with Crippen molar-refractivity contribution in [3.63, 3.8) is 0 Å². The summed E-state index contributed by atoms with van der Waals surface area (Å²) in [5.41, 5.74) is 0. The van der Waals surface area contributed by atoms with E-state index in [4.69, 9.17) is 24.1 Å². The second-order valence-corrected chi connectivity index (χ2v) is 3.34. The van der Waals surface area contributed by atoms with Crippen LogP contribution in [0.3, 0.4) is 0 Å². The number of rotatable bonds is 12. The Morgan fingerprint density at radius 3 is 2.50 bits per heavy atom. The molecule has 0 aromatic carbocycles. The third kappa shape index (κ3) is 10.7. The molecule has 0 amide bonds. The predicted molar refractivity (Wildman–Crippen MR) is 63.9 cm³/mol. The lowest BCUT2D eigenvalue weighted by atomic mass is 10.6. The molecule has 1 atom stereocenters. The second-order valence-electron chi connectivity index (χ2n) is 2.89. The summed E-state index contributed by atoms with van der Waals surface area (Å²) in [6.45, 7) is 4.68. The fourth-order valence-electron chi connectivity index (χ4n) is 0.979. The monoisotopic (exact) mass is 254 g/mol. The summed E-state index contributed by atoms with van der Waals surface area (Å²) in [6.07, 6.45) is -0.359. The van der Waals surface area contributed by atoms with Crippen molar-refractivity contribution in [1.82, 2.24) is 0 Å². The van der Waals surface area contributed by atoms with Gasteiger partial charge in [-0.15, -0.1) is 0 Å². The Kier molecular flexibility index (Phi) is 13.3. The predicted octanol–water partition coefficient (Wildman–Crippen LogP) is 0.321. The first-order chi connectivity index (χ1) is 7.85. The quantitative estimate of drug-likeness (QED) is 0.298. The summed E-state index contributed by atoms with van der Waals surface area (Å²) < 4.78 is 21.0. The van der Waals surface area contributed by atoms with E-state index in [9.17, 15) is 0 Å². The minimum Gasteiger partial charge on any atom is -0.394 e. The van der Waals surface area contributed by atoms with Gasteiger partial charge in [0, 0.05) is 12.4 Å². The number of aliphatic hydroxyl groups is 1. The Morgan fingerprint density at radius 1 is 1.06 bits per heavy atom. The highest BCUT2D eigenvalue weighted by Crippen LogP contribution is 1.97. The first-order valence-corrected chi connectivity index (χ1v) is 6.08. The molecule has 16 heavy (non-hydrogen) atoms. The molecule has 0 bridgehead atoms. The minimum absolute atomic E-state index is 0.0277. The zero-order valence-corrected chi connectivity index (χ0v) is 10.7. The number of aliphatic hydroxyl groups excluding tert-OH is 1. The minimum atomic E-state index is -0.359. The topological polar surface area (TPSA) is 57.2 Å². The van der Waals surface area contributed by atoms with Crippen molar-refractivity contribution in [3.05, 3.63) is 0 Å². The van der Waals surface area contributed by atoms with E-state index in [1.807, 2.05) is 6.92 Å². The molecule has 0 rings (SSSR count). The van der Waals surface area contributed by atoms with Gasteiger partial charge in [0.25, 0.3) is 0 Å². The van der Waals surface area contributed by atoms with Crippen LogP contribution in [0.4, 0.5) is 0 Å². The molecule has 1 N–H and O–H groups in total. The molecule has 6 heteroatoms. The average molecular weight is 254 g/mol. The smallest absolute Gasteiger partial charge is 0.180 e. The van der Waals surface area contributed by atoms with Crippen LogP contribution in [0.25, 0.3) is 0 Å². The van der Waals surface area contributed by atoms with Crippen molar-refractivity contribution < 1.29 is 24.1 Å². The number of hydrogen-bond acceptors (Lipinski definition) is 6. The van der Waals surface area contributed by atoms with E-state index in [-0.39, 0.29) is 12.9 Å². The molecule has 0 heterocycles. The van der Waals surface area contributed by atoms with Crippen LogP contribution in [0.5, 0.6) is 0 Å². The maximum absolute atomic E-state index is 8.48. The van der Waals surface area contributed by atoms with Gasteiger partial charge >= 0.3 is 0 Å². The Balaban J connectivity index is 3.43. The van der Waals surface area contributed by atoms with Crippen LogP contribution in [0, 0.1) is 0 Å². The molecule has 0 aliphatic heterocycles. The molecule has 0 aliphatic rings. The van der Waals surface area contributed by atoms with Crippen molar-refractivity contribution >= 4 is 12.6 Å². The Hall–Kier alpha value is 0.150. The molecule has 0 radical (unpaired) electrons. The Morgan fingerprint density at radius 2 is 1.88 bits per heavy atom.